The number of carbonyl (C=O) groups excluding carboxylic acids is 2. The second-order valence-electron chi connectivity index (χ2n) is 8.46. The normalized spacial score (nSPS) is 18.2. The molecule has 1 aliphatic rings. The van der Waals surface area contributed by atoms with E-state index in [1.165, 1.54) is 4.90 Å². The number of rotatable bonds is 6. The van der Waals surface area contributed by atoms with Crippen LogP contribution in [-0.2, 0) is 18.3 Å². The average molecular weight is 451 g/mol. The van der Waals surface area contributed by atoms with E-state index in [4.69, 9.17) is 10.5 Å². The van der Waals surface area contributed by atoms with Crippen LogP contribution in [0.15, 0.2) is 55.0 Å². The van der Waals surface area contributed by atoms with E-state index in [-0.39, 0.29) is 30.2 Å². The van der Waals surface area contributed by atoms with E-state index in [1.54, 1.807) is 29.1 Å². The van der Waals surface area contributed by atoms with Crippen LogP contribution in [0.4, 0.5) is 4.39 Å². The number of aryl methyl sites for hydroxylation is 2. The first-order valence-corrected chi connectivity index (χ1v) is 10.9. The number of hydrogen-bond donors (Lipinski definition) is 1. The van der Waals surface area contributed by atoms with Gasteiger partial charge in [-0.3, -0.25) is 9.59 Å². The number of hydrogen-bond acceptors (Lipinski definition) is 4. The van der Waals surface area contributed by atoms with Gasteiger partial charge in [0, 0.05) is 31.8 Å². The van der Waals surface area contributed by atoms with Crippen LogP contribution in [0.1, 0.15) is 27.9 Å². The van der Waals surface area contributed by atoms with Crippen molar-refractivity contribution in [1.82, 2.24) is 14.5 Å². The fourth-order valence-electron chi connectivity index (χ4n) is 3.94. The van der Waals surface area contributed by atoms with Crippen molar-refractivity contribution >= 4 is 11.8 Å². The SMILES string of the molecule is Cc1ccc(CC(=O)N2CC[C@@H](Oc3ccc(-c4cn(C)cn4)cc3C(N)=O)[C@H](F)C2)cc1. The molecular weight excluding hydrogens is 423 g/mol. The van der Waals surface area contributed by atoms with Gasteiger partial charge in [-0.15, -0.1) is 0 Å². The Balaban J connectivity index is 1.42. The van der Waals surface area contributed by atoms with Gasteiger partial charge in [-0.05, 0) is 30.7 Å². The fourth-order valence-corrected chi connectivity index (χ4v) is 3.94. The number of carbonyl (C=O) groups is 2. The third-order valence-electron chi connectivity index (χ3n) is 5.83. The monoisotopic (exact) mass is 450 g/mol. The number of nitrogens with zero attached hydrogens (tertiary/aromatic N) is 3. The molecule has 1 aliphatic heterocycles. The summed E-state index contributed by atoms with van der Waals surface area (Å²) < 4.78 is 22.6. The Morgan fingerprint density at radius 2 is 1.97 bits per heavy atom. The lowest BCUT2D eigenvalue weighted by Gasteiger charge is -2.35. The Labute approximate surface area is 192 Å². The first-order valence-electron chi connectivity index (χ1n) is 10.9. The molecule has 7 nitrogen and oxygen atoms in total. The van der Waals surface area contributed by atoms with Gasteiger partial charge < -0.3 is 19.9 Å². The van der Waals surface area contributed by atoms with E-state index in [1.807, 2.05) is 44.4 Å². The number of likely N-dealkylation sites (tertiary alicyclic amines) is 1. The summed E-state index contributed by atoms with van der Waals surface area (Å²) in [5, 5.41) is 0. The number of imidazole rings is 1. The van der Waals surface area contributed by atoms with Gasteiger partial charge in [0.25, 0.3) is 5.91 Å². The van der Waals surface area contributed by atoms with Gasteiger partial charge in [0.2, 0.25) is 5.91 Å². The molecule has 0 aliphatic carbocycles. The van der Waals surface area contributed by atoms with Gasteiger partial charge in [-0.1, -0.05) is 29.8 Å². The van der Waals surface area contributed by atoms with Crippen molar-refractivity contribution in [3.8, 4) is 17.0 Å². The van der Waals surface area contributed by atoms with Crippen LogP contribution >= 0.6 is 0 Å². The Morgan fingerprint density at radius 3 is 2.61 bits per heavy atom. The maximum absolute atomic E-state index is 15.0. The topological polar surface area (TPSA) is 90.4 Å². The van der Waals surface area contributed by atoms with Gasteiger partial charge >= 0.3 is 0 Å². The lowest BCUT2D eigenvalue weighted by molar-refractivity contribution is -0.134. The highest BCUT2D eigenvalue weighted by Crippen LogP contribution is 2.29. The van der Waals surface area contributed by atoms with E-state index in [0.29, 0.717) is 24.2 Å². The predicted molar refractivity (Wildman–Crippen MR) is 123 cm³/mol. The first-order chi connectivity index (χ1) is 15.8. The molecule has 2 atom stereocenters. The minimum atomic E-state index is -1.38. The van der Waals surface area contributed by atoms with Gasteiger partial charge in [0.05, 0.1) is 30.6 Å². The number of nitrogens with two attached hydrogens (primary N) is 1. The zero-order chi connectivity index (χ0) is 23.5. The number of alkyl halides is 1. The molecule has 0 unspecified atom stereocenters. The third kappa shape index (κ3) is 5.22. The summed E-state index contributed by atoms with van der Waals surface area (Å²) in [7, 11) is 1.85. The maximum atomic E-state index is 15.0. The molecule has 0 spiro atoms. The van der Waals surface area contributed by atoms with Gasteiger partial charge in [-0.2, -0.15) is 0 Å². The summed E-state index contributed by atoms with van der Waals surface area (Å²) in [6, 6.07) is 12.7. The van der Waals surface area contributed by atoms with Crippen molar-refractivity contribution in [1.29, 1.82) is 0 Å². The van der Waals surface area contributed by atoms with Crippen molar-refractivity contribution in [2.45, 2.75) is 32.0 Å². The molecule has 172 valence electrons. The van der Waals surface area contributed by atoms with Crippen LogP contribution in [0.3, 0.4) is 0 Å². The van der Waals surface area contributed by atoms with E-state index in [2.05, 4.69) is 4.98 Å². The molecule has 3 aromatic rings. The quantitative estimate of drug-likeness (QED) is 0.625. The van der Waals surface area contributed by atoms with Crippen LogP contribution < -0.4 is 10.5 Å². The molecule has 1 aromatic heterocycles. The van der Waals surface area contributed by atoms with E-state index < -0.39 is 18.2 Å². The highest BCUT2D eigenvalue weighted by Gasteiger charge is 2.33. The zero-order valence-electron chi connectivity index (χ0n) is 18.7. The Kier molecular flexibility index (Phi) is 6.44. The second-order valence-corrected chi connectivity index (χ2v) is 8.46. The van der Waals surface area contributed by atoms with E-state index >= 15 is 0 Å². The largest absolute Gasteiger partial charge is 0.486 e. The molecule has 2 N–H and O–H groups in total. The zero-order valence-corrected chi connectivity index (χ0v) is 18.7. The van der Waals surface area contributed by atoms with Crippen LogP contribution in [0.2, 0.25) is 0 Å². The fraction of sp³-hybridized carbons (Fsp3) is 0.320. The molecule has 4 rings (SSSR count). The third-order valence-corrected chi connectivity index (χ3v) is 5.83. The Bertz CT molecular complexity index is 1160. The summed E-state index contributed by atoms with van der Waals surface area (Å²) in [5.41, 5.74) is 9.16. The molecule has 2 aromatic carbocycles. The maximum Gasteiger partial charge on any atom is 0.252 e. The summed E-state index contributed by atoms with van der Waals surface area (Å²) in [6.07, 6.45) is 1.89. The number of aromatic nitrogens is 2. The smallest absolute Gasteiger partial charge is 0.252 e. The summed E-state index contributed by atoms with van der Waals surface area (Å²) in [6.45, 7) is 2.32. The molecule has 0 radical (unpaired) electrons. The molecular formula is C25H27FN4O3. The van der Waals surface area contributed by atoms with Crippen molar-refractivity contribution in [3.63, 3.8) is 0 Å². The number of halogens is 1. The average Bonchev–Trinajstić information content (AvgIpc) is 3.23. The number of piperidine rings is 1. The predicted octanol–water partition coefficient (Wildman–Crippen LogP) is 3.05. The number of amides is 2. The Morgan fingerprint density at radius 1 is 1.21 bits per heavy atom. The highest BCUT2D eigenvalue weighted by molar-refractivity contribution is 5.97. The second kappa shape index (κ2) is 9.44. The van der Waals surface area contributed by atoms with Crippen LogP contribution in [-0.4, -0.2) is 51.6 Å². The number of benzene rings is 2. The first kappa shape index (κ1) is 22.5. The lowest BCUT2D eigenvalue weighted by atomic mass is 10.0. The Hall–Kier alpha value is -3.68. The van der Waals surface area contributed by atoms with Crippen molar-refractivity contribution < 1.29 is 18.7 Å². The molecule has 1 fully saturated rings. The van der Waals surface area contributed by atoms with Crippen molar-refractivity contribution in [2.75, 3.05) is 13.1 Å². The van der Waals surface area contributed by atoms with Crippen LogP contribution in [0, 0.1) is 6.92 Å². The van der Waals surface area contributed by atoms with Crippen molar-refractivity contribution in [3.05, 3.63) is 71.7 Å². The summed E-state index contributed by atoms with van der Waals surface area (Å²) in [5.74, 6) is -0.546. The summed E-state index contributed by atoms with van der Waals surface area (Å²) in [4.78, 5) is 30.5. The standard InChI is InChI=1S/C25H27FN4O3/c1-16-3-5-17(6-4-16)11-24(31)30-10-9-23(20(26)13-30)33-22-8-7-18(12-19(22)25(27)32)21-14-29(2)15-28-21/h3-8,12,14-15,20,23H,9-11,13H2,1-2H3,(H2,27,32)/t20-,23-/m1/s1. The van der Waals surface area contributed by atoms with Gasteiger partial charge in [0.15, 0.2) is 6.17 Å². The summed E-state index contributed by atoms with van der Waals surface area (Å²) >= 11 is 0. The van der Waals surface area contributed by atoms with Crippen LogP contribution in [0.5, 0.6) is 5.75 Å². The molecule has 0 saturated carbocycles. The molecule has 2 heterocycles. The van der Waals surface area contributed by atoms with Crippen molar-refractivity contribution in [2.24, 2.45) is 12.8 Å². The van der Waals surface area contributed by atoms with Gasteiger partial charge in [-0.25, -0.2) is 9.37 Å². The highest BCUT2D eigenvalue weighted by atomic mass is 19.1. The lowest BCUT2D eigenvalue weighted by Crippen LogP contribution is -2.49. The number of primary amides is 1. The minimum absolute atomic E-state index is 0.0483. The van der Waals surface area contributed by atoms with Crippen LogP contribution in [0.25, 0.3) is 11.3 Å². The molecule has 2 amide bonds. The number of ether oxygens (including phenoxy) is 1. The molecule has 1 saturated heterocycles. The molecule has 0 bridgehead atoms. The van der Waals surface area contributed by atoms with E-state index in [0.717, 1.165) is 11.1 Å². The minimum Gasteiger partial charge on any atom is -0.486 e. The van der Waals surface area contributed by atoms with Gasteiger partial charge in [0.1, 0.15) is 11.9 Å². The van der Waals surface area contributed by atoms with E-state index in [9.17, 15) is 14.0 Å². The molecule has 33 heavy (non-hydrogen) atoms. The molecule has 8 heteroatoms.